The van der Waals surface area contributed by atoms with Crippen molar-refractivity contribution in [1.82, 2.24) is 4.90 Å². The molecule has 1 N–H and O–H groups in total. The fourth-order valence-electron chi connectivity index (χ4n) is 2.26. The Bertz CT molecular complexity index is 452. The lowest BCUT2D eigenvalue weighted by Crippen LogP contribution is -2.33. The molecular formula is C13H17NO4. The second-order valence-corrected chi connectivity index (χ2v) is 4.86. The molecule has 0 radical (unpaired) electrons. The van der Waals surface area contributed by atoms with Crippen LogP contribution in [0.2, 0.25) is 0 Å². The summed E-state index contributed by atoms with van der Waals surface area (Å²) in [4.78, 5) is 24.7. The van der Waals surface area contributed by atoms with E-state index in [-0.39, 0.29) is 17.2 Å². The molecule has 5 heteroatoms. The number of likely N-dealkylation sites (tertiary alicyclic amines) is 1. The van der Waals surface area contributed by atoms with Gasteiger partial charge >= 0.3 is 5.97 Å². The van der Waals surface area contributed by atoms with Crippen LogP contribution < -0.4 is 0 Å². The van der Waals surface area contributed by atoms with Crippen molar-refractivity contribution < 1.29 is 19.1 Å². The average molecular weight is 251 g/mol. The Morgan fingerprint density at radius 3 is 2.89 bits per heavy atom. The first-order chi connectivity index (χ1) is 8.58. The monoisotopic (exact) mass is 251 g/mol. The average Bonchev–Trinajstić information content (AvgIpc) is 2.72. The molecule has 1 unspecified atom stereocenters. The van der Waals surface area contributed by atoms with Crippen LogP contribution in [0.15, 0.2) is 16.7 Å². The van der Waals surface area contributed by atoms with Crippen molar-refractivity contribution in [1.29, 1.82) is 0 Å². The zero-order chi connectivity index (χ0) is 13.1. The normalized spacial score (nSPS) is 20.5. The molecule has 5 nitrogen and oxygen atoms in total. The Morgan fingerprint density at radius 1 is 1.44 bits per heavy atom. The Labute approximate surface area is 105 Å². The van der Waals surface area contributed by atoms with Gasteiger partial charge in [-0.15, -0.1) is 0 Å². The van der Waals surface area contributed by atoms with Crippen molar-refractivity contribution in [3.05, 3.63) is 23.7 Å². The summed E-state index contributed by atoms with van der Waals surface area (Å²) < 4.78 is 5.04. The number of carboxylic acids is 1. The number of nitrogens with zero attached hydrogens (tertiary/aromatic N) is 1. The van der Waals surface area contributed by atoms with Crippen LogP contribution in [0.3, 0.4) is 0 Å². The molecule has 1 fully saturated rings. The second kappa shape index (κ2) is 5.25. The van der Waals surface area contributed by atoms with Gasteiger partial charge in [0.15, 0.2) is 5.76 Å². The molecule has 2 rings (SSSR count). The van der Waals surface area contributed by atoms with Gasteiger partial charge in [0.2, 0.25) is 0 Å². The number of carboxylic acid groups (broad SMARTS) is 1. The Morgan fingerprint density at radius 2 is 2.22 bits per heavy atom. The first-order valence-corrected chi connectivity index (χ1v) is 6.19. The van der Waals surface area contributed by atoms with E-state index in [9.17, 15) is 9.59 Å². The lowest BCUT2D eigenvalue weighted by atomic mass is 10.1. The SMILES string of the molecule is CC1CCCCN(C(=O)c2cc(C(=O)O)co2)C1. The van der Waals surface area contributed by atoms with Crippen molar-refractivity contribution in [2.24, 2.45) is 5.92 Å². The molecule has 0 spiro atoms. The topological polar surface area (TPSA) is 70.8 Å². The van der Waals surface area contributed by atoms with Gasteiger partial charge in [0.25, 0.3) is 5.91 Å². The standard InChI is InChI=1S/C13H17NO4/c1-9-4-2-3-5-14(7-9)12(15)11-6-10(8-18-11)13(16)17/h6,8-9H,2-5,7H2,1H3,(H,16,17). The van der Waals surface area contributed by atoms with Crippen LogP contribution >= 0.6 is 0 Å². The molecule has 1 saturated heterocycles. The highest BCUT2D eigenvalue weighted by atomic mass is 16.4. The van der Waals surface area contributed by atoms with E-state index in [2.05, 4.69) is 6.92 Å². The summed E-state index contributed by atoms with van der Waals surface area (Å²) in [5.41, 5.74) is 0.0150. The van der Waals surface area contributed by atoms with Gasteiger partial charge in [-0.3, -0.25) is 4.79 Å². The molecule has 98 valence electrons. The van der Waals surface area contributed by atoms with Crippen LogP contribution in [0.25, 0.3) is 0 Å². The fraction of sp³-hybridized carbons (Fsp3) is 0.538. The molecular weight excluding hydrogens is 234 g/mol. The summed E-state index contributed by atoms with van der Waals surface area (Å²) in [6.07, 6.45) is 4.35. The lowest BCUT2D eigenvalue weighted by molar-refractivity contribution is 0.0692. The zero-order valence-corrected chi connectivity index (χ0v) is 10.4. The van der Waals surface area contributed by atoms with E-state index >= 15 is 0 Å². The molecule has 0 bridgehead atoms. The quantitative estimate of drug-likeness (QED) is 0.875. The molecule has 1 aromatic heterocycles. The largest absolute Gasteiger partial charge is 0.478 e. The molecule has 1 aromatic rings. The van der Waals surface area contributed by atoms with Gasteiger partial charge in [-0.25, -0.2) is 4.79 Å². The Kier molecular flexibility index (Phi) is 3.69. The van der Waals surface area contributed by atoms with Gasteiger partial charge in [-0.05, 0) is 18.8 Å². The number of carbonyl (C=O) groups is 2. The molecule has 1 aliphatic rings. The van der Waals surface area contributed by atoms with Crippen LogP contribution in [0, 0.1) is 5.92 Å². The predicted molar refractivity (Wildman–Crippen MR) is 64.6 cm³/mol. The minimum absolute atomic E-state index is 0.0150. The third-order valence-corrected chi connectivity index (χ3v) is 3.25. The maximum absolute atomic E-state index is 12.2. The number of aromatic carboxylic acids is 1. The van der Waals surface area contributed by atoms with E-state index < -0.39 is 5.97 Å². The van der Waals surface area contributed by atoms with E-state index in [1.165, 1.54) is 6.07 Å². The van der Waals surface area contributed by atoms with E-state index in [4.69, 9.17) is 9.52 Å². The van der Waals surface area contributed by atoms with Gasteiger partial charge < -0.3 is 14.4 Å². The van der Waals surface area contributed by atoms with Gasteiger partial charge in [-0.2, -0.15) is 0 Å². The van der Waals surface area contributed by atoms with E-state index in [0.29, 0.717) is 19.0 Å². The highest BCUT2D eigenvalue weighted by Gasteiger charge is 2.23. The van der Waals surface area contributed by atoms with Gasteiger partial charge in [0, 0.05) is 19.2 Å². The van der Waals surface area contributed by atoms with Crippen LogP contribution in [0.1, 0.15) is 47.1 Å². The smallest absolute Gasteiger partial charge is 0.338 e. The highest BCUT2D eigenvalue weighted by Crippen LogP contribution is 2.18. The van der Waals surface area contributed by atoms with Crippen molar-refractivity contribution in [3.8, 4) is 0 Å². The number of furan rings is 1. The third-order valence-electron chi connectivity index (χ3n) is 3.25. The molecule has 1 amide bonds. The third kappa shape index (κ3) is 2.72. The lowest BCUT2D eigenvalue weighted by Gasteiger charge is -2.21. The van der Waals surface area contributed by atoms with Crippen LogP contribution in [0.5, 0.6) is 0 Å². The summed E-state index contributed by atoms with van der Waals surface area (Å²) in [6.45, 7) is 3.55. The maximum atomic E-state index is 12.2. The van der Waals surface area contributed by atoms with Crippen molar-refractivity contribution in [2.45, 2.75) is 26.2 Å². The predicted octanol–water partition coefficient (Wildman–Crippen LogP) is 2.24. The number of carbonyl (C=O) groups excluding carboxylic acids is 1. The van der Waals surface area contributed by atoms with Gasteiger partial charge in [0.05, 0.1) is 5.56 Å². The fourth-order valence-corrected chi connectivity index (χ4v) is 2.26. The minimum atomic E-state index is -1.08. The van der Waals surface area contributed by atoms with Crippen LogP contribution in [0.4, 0.5) is 0 Å². The zero-order valence-electron chi connectivity index (χ0n) is 10.4. The number of hydrogen-bond acceptors (Lipinski definition) is 3. The molecule has 0 saturated carbocycles. The van der Waals surface area contributed by atoms with E-state index in [0.717, 1.165) is 25.5 Å². The van der Waals surface area contributed by atoms with Crippen LogP contribution in [-0.2, 0) is 0 Å². The van der Waals surface area contributed by atoms with Crippen molar-refractivity contribution >= 4 is 11.9 Å². The number of amides is 1. The summed E-state index contributed by atoms with van der Waals surface area (Å²) >= 11 is 0. The molecule has 0 aromatic carbocycles. The molecule has 1 aliphatic heterocycles. The molecule has 1 atom stereocenters. The van der Waals surface area contributed by atoms with Gasteiger partial charge in [0.1, 0.15) is 6.26 Å². The summed E-state index contributed by atoms with van der Waals surface area (Å²) in [6, 6.07) is 1.29. The Balaban J connectivity index is 2.11. The summed E-state index contributed by atoms with van der Waals surface area (Å²) in [5, 5.41) is 8.79. The number of rotatable bonds is 2. The van der Waals surface area contributed by atoms with Gasteiger partial charge in [-0.1, -0.05) is 13.3 Å². The summed E-state index contributed by atoms with van der Waals surface area (Å²) in [5.74, 6) is -0.704. The van der Waals surface area contributed by atoms with Crippen molar-refractivity contribution in [2.75, 3.05) is 13.1 Å². The molecule has 18 heavy (non-hydrogen) atoms. The Hall–Kier alpha value is -1.78. The first-order valence-electron chi connectivity index (χ1n) is 6.19. The van der Waals surface area contributed by atoms with E-state index in [1.807, 2.05) is 0 Å². The number of hydrogen-bond donors (Lipinski definition) is 1. The van der Waals surface area contributed by atoms with Crippen molar-refractivity contribution in [3.63, 3.8) is 0 Å². The highest BCUT2D eigenvalue weighted by molar-refractivity contribution is 5.95. The second-order valence-electron chi connectivity index (χ2n) is 4.86. The summed E-state index contributed by atoms with van der Waals surface area (Å²) in [7, 11) is 0. The maximum Gasteiger partial charge on any atom is 0.338 e. The minimum Gasteiger partial charge on any atom is -0.478 e. The van der Waals surface area contributed by atoms with E-state index in [1.54, 1.807) is 4.90 Å². The molecule has 2 heterocycles. The first kappa shape index (κ1) is 12.7. The molecule has 0 aliphatic carbocycles. The van der Waals surface area contributed by atoms with Crippen LogP contribution in [-0.4, -0.2) is 35.0 Å².